The fraction of sp³-hybridized carbons (Fsp3) is 0.450. The van der Waals surface area contributed by atoms with Gasteiger partial charge in [-0.3, -0.25) is 9.59 Å². The topological polar surface area (TPSA) is 175 Å². The Balaban J connectivity index is 0.987. The first-order chi connectivity index (χ1) is 26.2. The smallest absolute Gasteiger partial charge is 0.407 e. The van der Waals surface area contributed by atoms with Crippen LogP contribution in [0.4, 0.5) is 9.59 Å². The summed E-state index contributed by atoms with van der Waals surface area (Å²) in [6, 6.07) is 15.3. The van der Waals surface area contributed by atoms with Crippen molar-refractivity contribution in [2.24, 2.45) is 5.92 Å². The zero-order valence-corrected chi connectivity index (χ0v) is 31.0. The van der Waals surface area contributed by atoms with E-state index in [1.807, 2.05) is 11.1 Å². The van der Waals surface area contributed by atoms with Crippen LogP contribution >= 0.6 is 0 Å². The first-order valence-corrected chi connectivity index (χ1v) is 18.8. The van der Waals surface area contributed by atoms with Crippen molar-refractivity contribution in [2.75, 3.05) is 27.3 Å². The number of alkyl carbamates (subject to hydrolysis) is 2. The molecule has 0 radical (unpaired) electrons. The van der Waals surface area contributed by atoms with Gasteiger partial charge in [-0.25, -0.2) is 19.6 Å². The average Bonchev–Trinajstić information content (AvgIpc) is 4.04. The minimum atomic E-state index is -0.703. The number of aromatic nitrogens is 4. The van der Waals surface area contributed by atoms with Crippen molar-refractivity contribution in [3.8, 4) is 33.6 Å². The van der Waals surface area contributed by atoms with Crippen LogP contribution in [-0.4, -0.2) is 93.1 Å². The van der Waals surface area contributed by atoms with Gasteiger partial charge in [-0.15, -0.1) is 0 Å². The van der Waals surface area contributed by atoms with E-state index in [0.29, 0.717) is 13.1 Å². The van der Waals surface area contributed by atoms with E-state index >= 15 is 0 Å². The van der Waals surface area contributed by atoms with E-state index in [9.17, 15) is 19.2 Å². The van der Waals surface area contributed by atoms with Crippen molar-refractivity contribution >= 4 is 24.0 Å². The minimum Gasteiger partial charge on any atom is -0.453 e. The van der Waals surface area contributed by atoms with Gasteiger partial charge in [0.15, 0.2) is 0 Å². The lowest BCUT2D eigenvalue weighted by molar-refractivity contribution is -0.138. The number of rotatable bonds is 9. The van der Waals surface area contributed by atoms with E-state index in [2.05, 4.69) is 78.9 Å². The maximum atomic E-state index is 13.8. The molecule has 5 atom stereocenters. The van der Waals surface area contributed by atoms with E-state index in [1.54, 1.807) is 18.0 Å². The summed E-state index contributed by atoms with van der Waals surface area (Å²) < 4.78 is 9.47. The number of amides is 4. The summed E-state index contributed by atoms with van der Waals surface area (Å²) >= 11 is 0. The Hall–Kier alpha value is -5.66. The van der Waals surface area contributed by atoms with Gasteiger partial charge < -0.3 is 39.9 Å². The van der Waals surface area contributed by atoms with Gasteiger partial charge in [0.25, 0.3) is 0 Å². The molecule has 2 aliphatic heterocycles. The van der Waals surface area contributed by atoms with Gasteiger partial charge >= 0.3 is 12.2 Å². The van der Waals surface area contributed by atoms with Crippen LogP contribution in [0.3, 0.4) is 0 Å². The number of H-pyrrole nitrogens is 2. The van der Waals surface area contributed by atoms with Crippen LogP contribution < -0.4 is 10.6 Å². The van der Waals surface area contributed by atoms with Gasteiger partial charge in [-0.05, 0) is 67.7 Å². The zero-order valence-electron chi connectivity index (χ0n) is 31.0. The number of hydrogen-bond donors (Lipinski definition) is 4. The molecule has 4 N–H and O–H groups in total. The molecule has 0 spiro atoms. The van der Waals surface area contributed by atoms with Crippen LogP contribution in [0, 0.1) is 5.92 Å². The number of methoxy groups -OCH3 is 2. The van der Waals surface area contributed by atoms with E-state index in [0.717, 1.165) is 96.7 Å². The van der Waals surface area contributed by atoms with Crippen LogP contribution in [0.1, 0.15) is 82.0 Å². The third-order valence-electron chi connectivity index (χ3n) is 11.1. The summed E-state index contributed by atoms with van der Waals surface area (Å²) in [5.74, 6) is 1.15. The third-order valence-corrected chi connectivity index (χ3v) is 11.1. The molecule has 2 aromatic carbocycles. The number of benzene rings is 2. The summed E-state index contributed by atoms with van der Waals surface area (Å²) in [5.41, 5.74) is 5.87. The van der Waals surface area contributed by atoms with Crippen molar-refractivity contribution in [1.29, 1.82) is 0 Å². The van der Waals surface area contributed by atoms with E-state index in [4.69, 9.17) is 9.72 Å². The predicted molar refractivity (Wildman–Crippen MR) is 201 cm³/mol. The largest absolute Gasteiger partial charge is 0.453 e. The predicted octanol–water partition coefficient (Wildman–Crippen LogP) is 6.12. The second-order valence-corrected chi connectivity index (χ2v) is 14.4. The van der Waals surface area contributed by atoms with E-state index < -0.39 is 18.2 Å². The van der Waals surface area contributed by atoms with Gasteiger partial charge in [0.1, 0.15) is 17.7 Å². The molecule has 284 valence electrons. The summed E-state index contributed by atoms with van der Waals surface area (Å²) in [7, 11) is 2.62. The number of carbonyl (C=O) groups is 4. The van der Waals surface area contributed by atoms with Crippen molar-refractivity contribution in [3.63, 3.8) is 0 Å². The number of nitrogens with zero attached hydrogens (tertiary/aromatic N) is 4. The fourth-order valence-corrected chi connectivity index (χ4v) is 8.19. The molecule has 2 saturated heterocycles. The molecule has 1 aliphatic carbocycles. The number of nitrogens with one attached hydrogen (secondary N) is 4. The number of carbonyl (C=O) groups excluding carboxylic acids is 4. The molecule has 7 rings (SSSR count). The Morgan fingerprint density at radius 1 is 0.685 bits per heavy atom. The summed E-state index contributed by atoms with van der Waals surface area (Å²) in [6.45, 7) is 2.93. The Kier molecular flexibility index (Phi) is 11.0. The molecule has 14 heteroatoms. The average molecular weight is 737 g/mol. The highest BCUT2D eigenvalue weighted by atomic mass is 16.5. The fourth-order valence-electron chi connectivity index (χ4n) is 8.19. The van der Waals surface area contributed by atoms with Crippen LogP contribution in [0.2, 0.25) is 0 Å². The first-order valence-electron chi connectivity index (χ1n) is 18.8. The first kappa shape index (κ1) is 36.7. The lowest BCUT2D eigenvalue weighted by Crippen LogP contribution is -2.49. The van der Waals surface area contributed by atoms with Crippen LogP contribution in [-0.2, 0) is 19.1 Å². The molecule has 4 amide bonds. The maximum Gasteiger partial charge on any atom is 0.407 e. The minimum absolute atomic E-state index is 0.0772. The van der Waals surface area contributed by atoms with Gasteiger partial charge in [0, 0.05) is 19.1 Å². The molecule has 1 saturated carbocycles. The molecule has 54 heavy (non-hydrogen) atoms. The second kappa shape index (κ2) is 16.1. The van der Waals surface area contributed by atoms with Gasteiger partial charge in [-0.1, -0.05) is 61.4 Å². The lowest BCUT2D eigenvalue weighted by Gasteiger charge is -2.35. The highest BCUT2D eigenvalue weighted by Crippen LogP contribution is 2.37. The monoisotopic (exact) mass is 736 g/mol. The maximum absolute atomic E-state index is 13.8. The molecule has 2 aromatic heterocycles. The van der Waals surface area contributed by atoms with Crippen molar-refractivity contribution in [3.05, 3.63) is 72.6 Å². The van der Waals surface area contributed by atoms with Gasteiger partial charge in [-0.2, -0.15) is 0 Å². The van der Waals surface area contributed by atoms with Gasteiger partial charge in [0.05, 0.1) is 56.0 Å². The van der Waals surface area contributed by atoms with Gasteiger partial charge in [0.2, 0.25) is 11.8 Å². The second-order valence-electron chi connectivity index (χ2n) is 14.4. The number of likely N-dealkylation sites (tertiary alicyclic amines) is 2. The summed E-state index contributed by atoms with van der Waals surface area (Å²) in [4.78, 5) is 70.5. The van der Waals surface area contributed by atoms with E-state index in [1.165, 1.54) is 14.2 Å². The summed E-state index contributed by atoms with van der Waals surface area (Å²) in [5, 5.41) is 5.45. The molecule has 3 aliphatic rings. The summed E-state index contributed by atoms with van der Waals surface area (Å²) in [6.07, 6.45) is 9.34. The molecule has 4 heterocycles. The highest BCUT2D eigenvalue weighted by molar-refractivity contribution is 5.86. The number of ether oxygens (including phenoxy) is 2. The normalized spacial score (nSPS) is 21.8. The number of hydrogen-bond acceptors (Lipinski definition) is 8. The van der Waals surface area contributed by atoms with Crippen LogP contribution in [0.15, 0.2) is 60.9 Å². The lowest BCUT2D eigenvalue weighted by atomic mass is 9.83. The van der Waals surface area contributed by atoms with Crippen molar-refractivity contribution in [2.45, 2.75) is 82.5 Å². The third kappa shape index (κ3) is 7.68. The molecule has 3 fully saturated rings. The van der Waals surface area contributed by atoms with Crippen LogP contribution in [0.5, 0.6) is 0 Å². The van der Waals surface area contributed by atoms with E-state index in [-0.39, 0.29) is 35.9 Å². The highest BCUT2D eigenvalue weighted by Gasteiger charge is 2.40. The quantitative estimate of drug-likeness (QED) is 0.159. The van der Waals surface area contributed by atoms with Crippen LogP contribution in [0.25, 0.3) is 33.6 Å². The van der Waals surface area contributed by atoms with Crippen molar-refractivity contribution < 1.29 is 28.7 Å². The number of imidazole rings is 2. The standard InChI is InChI=1S/C40H48N8O6/c1-24(43-39(51)53-2)37(49)47-20-6-10-33(47)35-41-22-31(44-35)27-16-12-25(13-17-27)26-14-18-28(19-15-26)32-23-42-36(45-32)34-11-7-21-48(34)38(50)29-8-4-5-9-30(29)46-40(52)54-3/h12-19,22-24,29-30,33-34H,4-11,20-21H2,1-3H3,(H,41,44)(H,42,45)(H,43,51)(H,46,52)/t24-,29-,30+,33-,34-/m0/s1. The molecule has 0 bridgehead atoms. The Bertz CT molecular complexity index is 1960. The molecular weight excluding hydrogens is 688 g/mol. The Labute approximate surface area is 314 Å². The SMILES string of the molecule is COC(=O)N[C@@H](C)C(=O)N1CCC[C@H]1c1ncc(-c2ccc(-c3ccc(-c4cnc([C@@H]5CCCN5C(=O)[C@H]5CCCC[C@H]5NC(=O)OC)[nH]4)cc3)cc2)[nH]1. The Morgan fingerprint density at radius 3 is 1.74 bits per heavy atom. The molecule has 4 aromatic rings. The molecule has 0 unspecified atom stereocenters. The van der Waals surface area contributed by atoms with Crippen molar-refractivity contribution in [1.82, 2.24) is 40.4 Å². The number of aromatic amines is 2. The zero-order chi connectivity index (χ0) is 37.8. The molecular formula is C40H48N8O6. The molecule has 14 nitrogen and oxygen atoms in total. The Morgan fingerprint density at radius 2 is 1.19 bits per heavy atom.